The highest BCUT2D eigenvalue weighted by molar-refractivity contribution is 7.98. The van der Waals surface area contributed by atoms with Crippen LogP contribution in [0.25, 0.3) is 11.1 Å². The van der Waals surface area contributed by atoms with Gasteiger partial charge in [0.1, 0.15) is 11.6 Å². The molecule has 9 heteroatoms. The first-order chi connectivity index (χ1) is 13.5. The van der Waals surface area contributed by atoms with Gasteiger partial charge in [-0.1, -0.05) is 17.7 Å². The lowest BCUT2D eigenvalue weighted by atomic mass is 10.1. The van der Waals surface area contributed by atoms with Crippen LogP contribution in [-0.4, -0.2) is 22.1 Å². The summed E-state index contributed by atoms with van der Waals surface area (Å²) in [7, 11) is 0. The lowest BCUT2D eigenvalue weighted by Crippen LogP contribution is -2.12. The van der Waals surface area contributed by atoms with Gasteiger partial charge in [-0.3, -0.25) is 9.59 Å². The predicted octanol–water partition coefficient (Wildman–Crippen LogP) is 4.19. The lowest BCUT2D eigenvalue weighted by molar-refractivity contribution is -0.115. The number of amides is 1. The van der Waals surface area contributed by atoms with E-state index in [1.807, 2.05) is 6.26 Å². The SMILES string of the molecule is CSc1[nH]c(=O)c(-c2ccc(F)c(Cl)c2)cc1Nc1ccnc2c1CC(=O)N2. The van der Waals surface area contributed by atoms with Crippen LogP contribution in [0.3, 0.4) is 0 Å². The zero-order valence-corrected chi connectivity index (χ0v) is 16.2. The van der Waals surface area contributed by atoms with Crippen molar-refractivity contribution < 1.29 is 9.18 Å². The molecule has 1 aromatic carbocycles. The number of rotatable bonds is 4. The van der Waals surface area contributed by atoms with Crippen molar-refractivity contribution in [2.45, 2.75) is 11.4 Å². The Labute approximate surface area is 168 Å². The third-order valence-corrected chi connectivity index (χ3v) is 5.38. The Morgan fingerprint density at radius 3 is 2.79 bits per heavy atom. The van der Waals surface area contributed by atoms with E-state index in [4.69, 9.17) is 11.6 Å². The van der Waals surface area contributed by atoms with Gasteiger partial charge in [0.05, 0.1) is 22.2 Å². The molecule has 0 spiro atoms. The second-order valence-electron chi connectivity index (χ2n) is 6.12. The van der Waals surface area contributed by atoms with Crippen LogP contribution in [0.1, 0.15) is 5.56 Å². The van der Waals surface area contributed by atoms with Crippen molar-refractivity contribution in [3.8, 4) is 11.1 Å². The molecule has 4 rings (SSSR count). The highest BCUT2D eigenvalue weighted by Crippen LogP contribution is 2.34. The summed E-state index contributed by atoms with van der Waals surface area (Å²) in [5, 5.41) is 6.56. The maximum absolute atomic E-state index is 13.5. The normalized spacial score (nSPS) is 12.6. The highest BCUT2D eigenvalue weighted by Gasteiger charge is 2.22. The second kappa shape index (κ2) is 7.29. The van der Waals surface area contributed by atoms with Crippen molar-refractivity contribution in [1.82, 2.24) is 9.97 Å². The third-order valence-electron chi connectivity index (χ3n) is 4.36. The Balaban J connectivity index is 1.79. The summed E-state index contributed by atoms with van der Waals surface area (Å²) >= 11 is 7.24. The molecular weight excluding hydrogens is 403 g/mol. The molecule has 0 bridgehead atoms. The average molecular weight is 417 g/mol. The summed E-state index contributed by atoms with van der Waals surface area (Å²) in [6.45, 7) is 0. The van der Waals surface area contributed by atoms with Gasteiger partial charge in [0.25, 0.3) is 5.56 Å². The second-order valence-corrected chi connectivity index (χ2v) is 7.35. The first-order valence-corrected chi connectivity index (χ1v) is 9.88. The first-order valence-electron chi connectivity index (χ1n) is 8.27. The monoisotopic (exact) mass is 416 g/mol. The molecule has 0 radical (unpaired) electrons. The Bertz CT molecular complexity index is 1170. The lowest BCUT2D eigenvalue weighted by Gasteiger charge is -2.14. The van der Waals surface area contributed by atoms with Gasteiger partial charge in [-0.05, 0) is 36.1 Å². The van der Waals surface area contributed by atoms with Gasteiger partial charge < -0.3 is 15.6 Å². The molecular formula is C19H14ClFN4O2S. The number of aromatic amines is 1. The fourth-order valence-corrected chi connectivity index (χ4v) is 3.73. The molecule has 28 heavy (non-hydrogen) atoms. The number of anilines is 3. The van der Waals surface area contributed by atoms with E-state index in [0.717, 1.165) is 5.56 Å². The summed E-state index contributed by atoms with van der Waals surface area (Å²) in [4.78, 5) is 31.2. The molecule has 0 atom stereocenters. The molecule has 0 aliphatic carbocycles. The van der Waals surface area contributed by atoms with E-state index in [0.29, 0.717) is 33.3 Å². The molecule has 0 saturated carbocycles. The minimum atomic E-state index is -0.551. The van der Waals surface area contributed by atoms with Gasteiger partial charge in [0, 0.05) is 23.0 Å². The van der Waals surface area contributed by atoms with Gasteiger partial charge in [-0.15, -0.1) is 11.8 Å². The van der Waals surface area contributed by atoms with Gasteiger partial charge in [-0.25, -0.2) is 9.37 Å². The number of aromatic nitrogens is 2. The van der Waals surface area contributed by atoms with Crippen LogP contribution in [-0.2, 0) is 11.2 Å². The number of hydrogen-bond donors (Lipinski definition) is 3. The van der Waals surface area contributed by atoms with Crippen molar-refractivity contribution in [2.24, 2.45) is 0 Å². The van der Waals surface area contributed by atoms with Crippen molar-refractivity contribution in [3.63, 3.8) is 0 Å². The van der Waals surface area contributed by atoms with Crippen LogP contribution in [0.2, 0.25) is 5.02 Å². The van der Waals surface area contributed by atoms with E-state index >= 15 is 0 Å². The van der Waals surface area contributed by atoms with E-state index in [-0.39, 0.29) is 22.9 Å². The van der Waals surface area contributed by atoms with E-state index in [1.165, 1.54) is 30.0 Å². The van der Waals surface area contributed by atoms with Crippen LogP contribution >= 0.6 is 23.4 Å². The zero-order chi connectivity index (χ0) is 19.8. The molecule has 3 aromatic rings. The van der Waals surface area contributed by atoms with Crippen molar-refractivity contribution in [2.75, 3.05) is 16.9 Å². The fourth-order valence-electron chi connectivity index (χ4n) is 3.02. The molecule has 0 saturated heterocycles. The number of pyridine rings is 2. The van der Waals surface area contributed by atoms with Gasteiger partial charge in [0.15, 0.2) is 0 Å². The van der Waals surface area contributed by atoms with Crippen LogP contribution in [0.5, 0.6) is 0 Å². The number of nitrogens with one attached hydrogen (secondary N) is 3. The molecule has 2 aromatic heterocycles. The predicted molar refractivity (Wildman–Crippen MR) is 109 cm³/mol. The number of halogens is 2. The number of benzene rings is 1. The minimum Gasteiger partial charge on any atom is -0.353 e. The van der Waals surface area contributed by atoms with Crippen LogP contribution < -0.4 is 16.2 Å². The Kier molecular flexibility index (Phi) is 4.82. The molecule has 0 fully saturated rings. The number of nitrogens with zero attached hydrogens (tertiary/aromatic N) is 1. The van der Waals surface area contributed by atoms with Gasteiger partial charge in [-0.2, -0.15) is 0 Å². The minimum absolute atomic E-state index is 0.0584. The molecule has 1 aliphatic rings. The molecule has 6 nitrogen and oxygen atoms in total. The van der Waals surface area contributed by atoms with Gasteiger partial charge in [0.2, 0.25) is 5.91 Å². The Morgan fingerprint density at radius 1 is 1.21 bits per heavy atom. The standard InChI is InChI=1S/C19H14ClFN4O2S/c1-28-19-15(23-14-4-5-22-17-11(14)8-16(26)24-17)7-10(18(27)25-19)9-2-3-13(21)12(20)6-9/h2-7H,8H2,1H3,(H,25,27)(H2,22,23,24,26). The molecule has 3 N–H and O–H groups in total. The molecule has 0 unspecified atom stereocenters. The smallest absolute Gasteiger partial charge is 0.256 e. The fraction of sp³-hybridized carbons (Fsp3) is 0.105. The number of carbonyl (C=O) groups excluding carboxylic acids is 1. The number of hydrogen-bond acceptors (Lipinski definition) is 5. The molecule has 142 valence electrons. The Hall–Kier alpha value is -2.84. The quantitative estimate of drug-likeness (QED) is 0.555. The van der Waals surface area contributed by atoms with Crippen molar-refractivity contribution in [3.05, 3.63) is 63.3 Å². The zero-order valence-electron chi connectivity index (χ0n) is 14.6. The maximum atomic E-state index is 13.5. The highest BCUT2D eigenvalue weighted by atomic mass is 35.5. The Morgan fingerprint density at radius 2 is 2.04 bits per heavy atom. The number of thioether (sulfide) groups is 1. The number of H-pyrrole nitrogens is 1. The van der Waals surface area contributed by atoms with Crippen LogP contribution in [0, 0.1) is 5.82 Å². The largest absolute Gasteiger partial charge is 0.353 e. The van der Waals surface area contributed by atoms with Crippen LogP contribution in [0.4, 0.5) is 21.6 Å². The summed E-state index contributed by atoms with van der Waals surface area (Å²) in [6.07, 6.45) is 3.66. The molecule has 1 amide bonds. The van der Waals surface area contributed by atoms with E-state index in [9.17, 15) is 14.0 Å². The van der Waals surface area contributed by atoms with E-state index < -0.39 is 5.82 Å². The van der Waals surface area contributed by atoms with E-state index in [2.05, 4.69) is 20.6 Å². The summed E-state index contributed by atoms with van der Waals surface area (Å²) in [5.74, 6) is -0.147. The van der Waals surface area contributed by atoms with Gasteiger partial charge >= 0.3 is 0 Å². The van der Waals surface area contributed by atoms with Crippen LogP contribution in [0.15, 0.2) is 46.3 Å². The molecule has 1 aliphatic heterocycles. The number of fused-ring (bicyclic) bond motifs is 1. The molecule has 3 heterocycles. The first kappa shape index (κ1) is 18.5. The van der Waals surface area contributed by atoms with Crippen molar-refractivity contribution >= 4 is 46.5 Å². The summed E-state index contributed by atoms with van der Waals surface area (Å²) < 4.78 is 13.5. The third kappa shape index (κ3) is 3.36. The number of carbonyl (C=O) groups is 1. The maximum Gasteiger partial charge on any atom is 0.256 e. The summed E-state index contributed by atoms with van der Waals surface area (Å²) in [5.41, 5.74) is 2.66. The average Bonchev–Trinajstić information content (AvgIpc) is 3.06. The topological polar surface area (TPSA) is 86.9 Å². The van der Waals surface area contributed by atoms with Crippen molar-refractivity contribution in [1.29, 1.82) is 0 Å². The summed E-state index contributed by atoms with van der Waals surface area (Å²) in [6, 6.07) is 7.59. The van der Waals surface area contributed by atoms with E-state index in [1.54, 1.807) is 18.3 Å².